The maximum atomic E-state index is 2.79. The topological polar surface area (TPSA) is 0 Å². The van der Waals surface area contributed by atoms with Crippen LogP contribution in [0.15, 0.2) is 30.3 Å². The Bertz CT molecular complexity index is 510. The number of benzene rings is 1. The van der Waals surface area contributed by atoms with Gasteiger partial charge in [0, 0.05) is 28.9 Å². The molecular weight excluding hydrogens is 345 g/mol. The molecule has 1 aromatic rings. The zero-order chi connectivity index (χ0) is 17.6. The molecule has 22 heavy (non-hydrogen) atoms. The van der Waals surface area contributed by atoms with Gasteiger partial charge in [-0.15, -0.1) is 0 Å². The van der Waals surface area contributed by atoms with E-state index in [-0.39, 0.29) is 0 Å². The fraction of sp³-hybridized carbons (Fsp3) is 0.647. The van der Waals surface area contributed by atoms with Gasteiger partial charge in [0.05, 0.1) is 7.59 Å². The maximum Gasteiger partial charge on any atom is 0.0711 e. The average molecular weight is 383 g/mol. The molecule has 0 aliphatic carbocycles. The third-order valence-corrected chi connectivity index (χ3v) is 103. The highest BCUT2D eigenvalue weighted by molar-refractivity contribution is 7.92. The summed E-state index contributed by atoms with van der Waals surface area (Å²) in [7, 11) is -6.04. The Kier molecular flexibility index (Phi) is 5.54. The molecule has 0 aliphatic heterocycles. The lowest BCUT2D eigenvalue weighted by atomic mass is 10.4. The predicted molar refractivity (Wildman–Crippen MR) is 119 cm³/mol. The molecule has 0 heterocycles. The van der Waals surface area contributed by atoms with Gasteiger partial charge in [0.15, 0.2) is 0 Å². The summed E-state index contributed by atoms with van der Waals surface area (Å²) in [5, 5.41) is 1.70. The maximum absolute atomic E-state index is 2.79. The van der Waals surface area contributed by atoms with E-state index in [1.54, 1.807) is 5.19 Å². The molecule has 0 saturated heterocycles. The lowest BCUT2D eigenvalue weighted by molar-refractivity contribution is 1.70. The van der Waals surface area contributed by atoms with Crippen LogP contribution >= 0.6 is 0 Å². The highest BCUT2D eigenvalue weighted by atomic mass is 29.9. The van der Waals surface area contributed by atoms with Gasteiger partial charge < -0.3 is 0 Å². The Hall–Kier alpha value is 0.304. The van der Waals surface area contributed by atoms with E-state index in [9.17, 15) is 0 Å². The number of hydrogen-bond acceptors (Lipinski definition) is 0. The van der Waals surface area contributed by atoms with Crippen LogP contribution in [-0.4, -0.2) is 36.5 Å². The second-order valence-corrected chi connectivity index (χ2v) is 63.4. The summed E-state index contributed by atoms with van der Waals surface area (Å²) >= 11 is 0. The molecule has 5 heteroatoms. The smallest absolute Gasteiger partial charge is 0.0711 e. The molecule has 0 N–H and O–H groups in total. The molecule has 0 atom stereocenters. The van der Waals surface area contributed by atoms with Gasteiger partial charge in [-0.1, -0.05) is 108 Å². The molecule has 0 radical (unpaired) electrons. The van der Waals surface area contributed by atoms with Crippen LogP contribution in [0.25, 0.3) is 0 Å². The zero-order valence-corrected chi connectivity index (χ0v) is 21.9. The number of hydrogen-bond donors (Lipinski definition) is 0. The summed E-state index contributed by atoms with van der Waals surface area (Å²) in [6.45, 7) is 29.9. The van der Waals surface area contributed by atoms with Crippen molar-refractivity contribution in [3.63, 3.8) is 0 Å². The molecule has 0 aromatic heterocycles. The van der Waals surface area contributed by atoms with Crippen molar-refractivity contribution in [3.8, 4) is 0 Å². The lowest BCUT2D eigenvalue weighted by Gasteiger charge is -2.58. The van der Waals surface area contributed by atoms with Gasteiger partial charge in [-0.25, -0.2) is 0 Å². The Morgan fingerprint density at radius 3 is 1.27 bits per heavy atom. The highest BCUT2D eigenvalue weighted by Gasteiger charge is 2.62. The second kappa shape index (κ2) is 5.99. The first-order chi connectivity index (χ1) is 9.61. The van der Waals surface area contributed by atoms with Crippen molar-refractivity contribution in [2.45, 2.75) is 72.0 Å². The highest BCUT2D eigenvalue weighted by Crippen LogP contribution is 2.39. The van der Waals surface area contributed by atoms with Crippen molar-refractivity contribution in [2.75, 3.05) is 0 Å². The van der Waals surface area contributed by atoms with Crippen molar-refractivity contribution in [3.05, 3.63) is 30.3 Å². The van der Waals surface area contributed by atoms with E-state index in [2.05, 4.69) is 102 Å². The van der Waals surface area contributed by atoms with Crippen molar-refractivity contribution in [2.24, 2.45) is 0 Å². The van der Waals surface area contributed by atoms with Gasteiger partial charge in [-0.2, -0.15) is 0 Å². The molecule has 0 unspecified atom stereocenters. The van der Waals surface area contributed by atoms with Crippen LogP contribution in [-0.2, 0) is 0 Å². The zero-order valence-electron chi connectivity index (χ0n) is 16.9. The Balaban J connectivity index is 3.45. The summed E-state index contributed by atoms with van der Waals surface area (Å²) in [6, 6.07) is 11.5. The summed E-state index contributed by atoms with van der Waals surface area (Å²) in [5.74, 6) is 0. The van der Waals surface area contributed by atoms with Gasteiger partial charge in [0.1, 0.15) is 0 Å². The third kappa shape index (κ3) is 2.99. The first-order valence-electron chi connectivity index (χ1n) is 8.66. The van der Waals surface area contributed by atoms with E-state index >= 15 is 0 Å². The van der Waals surface area contributed by atoms with Crippen molar-refractivity contribution < 1.29 is 0 Å². The van der Waals surface area contributed by atoms with Crippen LogP contribution in [0.2, 0.25) is 72.0 Å². The van der Waals surface area contributed by atoms with Gasteiger partial charge in [-0.05, 0) is 0 Å². The standard InChI is InChI=1S/C17H38Si5/c1-18(2,3)20(6,7)22(10,11)21(8,9)19(4,5)17-15-13-12-14-16-17/h12-16H,1-11H3. The first kappa shape index (κ1) is 20.3. The molecule has 0 aliphatic rings. The molecule has 0 nitrogen and oxygen atoms in total. The molecule has 0 saturated carbocycles. The van der Waals surface area contributed by atoms with E-state index in [0.717, 1.165) is 0 Å². The lowest BCUT2D eigenvalue weighted by Crippen LogP contribution is -2.85. The van der Waals surface area contributed by atoms with E-state index in [1.165, 1.54) is 0 Å². The molecule has 0 fully saturated rings. The fourth-order valence-corrected chi connectivity index (χ4v) is 113. The van der Waals surface area contributed by atoms with Gasteiger partial charge in [-0.3, -0.25) is 0 Å². The van der Waals surface area contributed by atoms with Crippen molar-refractivity contribution in [1.29, 1.82) is 0 Å². The summed E-state index contributed by atoms with van der Waals surface area (Å²) < 4.78 is 0. The molecule has 0 amide bonds. The van der Waals surface area contributed by atoms with Gasteiger partial charge >= 0.3 is 0 Å². The van der Waals surface area contributed by atoms with Crippen molar-refractivity contribution >= 4 is 41.7 Å². The Labute approximate surface area is 144 Å². The predicted octanol–water partition coefficient (Wildman–Crippen LogP) is 5.38. The van der Waals surface area contributed by atoms with Crippen LogP contribution in [0.3, 0.4) is 0 Å². The summed E-state index contributed by atoms with van der Waals surface area (Å²) in [6.07, 6.45) is 0. The minimum atomic E-state index is -1.37. The van der Waals surface area contributed by atoms with Crippen LogP contribution in [0, 0.1) is 0 Å². The first-order valence-corrected chi connectivity index (χ1v) is 28.2. The third-order valence-electron chi connectivity index (χ3n) is 8.06. The largest absolute Gasteiger partial charge is 0.0735 e. The Morgan fingerprint density at radius 2 is 0.909 bits per heavy atom. The van der Waals surface area contributed by atoms with E-state index < -0.39 is 36.5 Å². The minimum absolute atomic E-state index is 1.05. The average Bonchev–Trinajstić information content (AvgIpc) is 2.37. The van der Waals surface area contributed by atoms with Gasteiger partial charge in [0.2, 0.25) is 0 Å². The monoisotopic (exact) mass is 382 g/mol. The van der Waals surface area contributed by atoms with E-state index in [1.807, 2.05) is 0 Å². The van der Waals surface area contributed by atoms with Crippen LogP contribution < -0.4 is 5.19 Å². The fourth-order valence-electron chi connectivity index (χ4n) is 3.72. The van der Waals surface area contributed by atoms with Crippen LogP contribution in [0.1, 0.15) is 0 Å². The van der Waals surface area contributed by atoms with Crippen LogP contribution in [0.4, 0.5) is 0 Å². The van der Waals surface area contributed by atoms with Crippen molar-refractivity contribution in [1.82, 2.24) is 0 Å². The summed E-state index contributed by atoms with van der Waals surface area (Å²) in [5.41, 5.74) is 0. The molecule has 0 bridgehead atoms. The van der Waals surface area contributed by atoms with E-state index in [4.69, 9.17) is 0 Å². The minimum Gasteiger partial charge on any atom is -0.0735 e. The molecule has 0 spiro atoms. The molecule has 1 aromatic carbocycles. The normalized spacial score (nSPS) is 15.0. The second-order valence-electron chi connectivity index (χ2n) is 10.1. The number of rotatable bonds is 5. The molecular formula is C17H38Si5. The van der Waals surface area contributed by atoms with Crippen LogP contribution in [0.5, 0.6) is 0 Å². The quantitative estimate of drug-likeness (QED) is 0.600. The Morgan fingerprint density at radius 1 is 0.500 bits per heavy atom. The SMILES string of the molecule is C[Si](C)(C)[Si](C)(C)[Si](C)(C)[Si](C)(C)[Si](C)(C)c1ccccc1. The molecule has 126 valence electrons. The van der Waals surface area contributed by atoms with Gasteiger partial charge in [0.25, 0.3) is 0 Å². The molecule has 1 rings (SSSR count). The van der Waals surface area contributed by atoms with E-state index in [0.29, 0.717) is 0 Å². The summed E-state index contributed by atoms with van der Waals surface area (Å²) in [4.78, 5) is 0.